The van der Waals surface area contributed by atoms with E-state index in [2.05, 4.69) is 14.9 Å². The van der Waals surface area contributed by atoms with Gasteiger partial charge >= 0.3 is 0 Å². The molecule has 0 aliphatic carbocycles. The standard InChI is InChI=1S/C15H17F2N3/c1-10-19-14-9-18-4-2-15(14)20(10)5-3-11-6-12(16)8-13(17)7-11/h6-8,18H,2-5,9H2,1H3. The van der Waals surface area contributed by atoms with Crippen LogP contribution in [0.3, 0.4) is 0 Å². The maximum absolute atomic E-state index is 13.2. The predicted octanol–water partition coefficient (Wildman–Crippen LogP) is 2.36. The van der Waals surface area contributed by atoms with E-state index in [-0.39, 0.29) is 0 Å². The number of hydrogen-bond acceptors (Lipinski definition) is 2. The third-order valence-corrected chi connectivity index (χ3v) is 3.72. The number of imidazole rings is 1. The summed E-state index contributed by atoms with van der Waals surface area (Å²) in [5.41, 5.74) is 3.02. The molecule has 2 heterocycles. The number of nitrogens with one attached hydrogen (secondary N) is 1. The van der Waals surface area contributed by atoms with Crippen LogP contribution in [0.25, 0.3) is 0 Å². The Labute approximate surface area is 116 Å². The maximum atomic E-state index is 13.2. The van der Waals surface area contributed by atoms with Gasteiger partial charge in [-0.25, -0.2) is 13.8 Å². The van der Waals surface area contributed by atoms with E-state index in [9.17, 15) is 8.78 Å². The van der Waals surface area contributed by atoms with Crippen molar-refractivity contribution in [3.05, 3.63) is 52.6 Å². The first-order valence-corrected chi connectivity index (χ1v) is 6.84. The molecule has 0 amide bonds. The summed E-state index contributed by atoms with van der Waals surface area (Å²) in [7, 11) is 0. The van der Waals surface area contributed by atoms with Crippen molar-refractivity contribution in [1.82, 2.24) is 14.9 Å². The van der Waals surface area contributed by atoms with Crippen molar-refractivity contribution in [1.29, 1.82) is 0 Å². The lowest BCUT2D eigenvalue weighted by Gasteiger charge is -2.15. The molecule has 1 N–H and O–H groups in total. The molecule has 1 aromatic heterocycles. The van der Waals surface area contributed by atoms with E-state index in [1.165, 1.54) is 17.8 Å². The second-order valence-corrected chi connectivity index (χ2v) is 5.16. The summed E-state index contributed by atoms with van der Waals surface area (Å²) in [6.45, 7) is 4.44. The van der Waals surface area contributed by atoms with Gasteiger partial charge in [-0.2, -0.15) is 0 Å². The molecule has 0 saturated carbocycles. The number of rotatable bonds is 3. The molecule has 1 aliphatic rings. The van der Waals surface area contributed by atoms with Crippen molar-refractivity contribution in [2.24, 2.45) is 0 Å². The molecule has 106 valence electrons. The predicted molar refractivity (Wildman–Crippen MR) is 72.4 cm³/mol. The molecule has 0 spiro atoms. The third-order valence-electron chi connectivity index (χ3n) is 3.72. The Bertz CT molecular complexity index is 614. The number of aryl methyl sites for hydroxylation is 2. The number of hydrogen-bond donors (Lipinski definition) is 1. The lowest BCUT2D eigenvalue weighted by molar-refractivity contribution is 0.566. The molecule has 1 aliphatic heterocycles. The smallest absolute Gasteiger partial charge is 0.126 e. The fraction of sp³-hybridized carbons (Fsp3) is 0.400. The van der Waals surface area contributed by atoms with Crippen molar-refractivity contribution in [2.45, 2.75) is 32.9 Å². The van der Waals surface area contributed by atoms with E-state index in [0.29, 0.717) is 18.5 Å². The molecule has 3 nitrogen and oxygen atoms in total. The molecule has 0 fully saturated rings. The highest BCUT2D eigenvalue weighted by Gasteiger charge is 2.17. The van der Waals surface area contributed by atoms with Crippen LogP contribution in [-0.4, -0.2) is 16.1 Å². The molecule has 3 rings (SSSR count). The Kier molecular flexibility index (Phi) is 3.53. The lowest BCUT2D eigenvalue weighted by Crippen LogP contribution is -2.25. The Morgan fingerprint density at radius 2 is 2.00 bits per heavy atom. The Morgan fingerprint density at radius 1 is 1.25 bits per heavy atom. The first kappa shape index (κ1) is 13.2. The SMILES string of the molecule is Cc1nc2c(n1CCc1cc(F)cc(F)c1)CCNC2. The molecule has 2 aromatic rings. The minimum Gasteiger partial charge on any atom is -0.332 e. The van der Waals surface area contributed by atoms with Crippen LogP contribution in [0.15, 0.2) is 18.2 Å². The summed E-state index contributed by atoms with van der Waals surface area (Å²) in [4.78, 5) is 4.55. The average Bonchev–Trinajstić information content (AvgIpc) is 2.71. The maximum Gasteiger partial charge on any atom is 0.126 e. The van der Waals surface area contributed by atoms with Gasteiger partial charge in [0.15, 0.2) is 0 Å². The molecule has 0 bridgehead atoms. The molecule has 1 aromatic carbocycles. The van der Waals surface area contributed by atoms with E-state index in [1.807, 2.05) is 6.92 Å². The zero-order chi connectivity index (χ0) is 14.1. The van der Waals surface area contributed by atoms with Crippen LogP contribution in [-0.2, 0) is 25.9 Å². The van der Waals surface area contributed by atoms with Gasteiger partial charge in [-0.15, -0.1) is 0 Å². The highest BCUT2D eigenvalue weighted by Crippen LogP contribution is 2.17. The van der Waals surface area contributed by atoms with Crippen LogP contribution in [0.2, 0.25) is 0 Å². The van der Waals surface area contributed by atoms with E-state index in [1.54, 1.807) is 0 Å². The van der Waals surface area contributed by atoms with Gasteiger partial charge in [0.1, 0.15) is 17.5 Å². The zero-order valence-corrected chi connectivity index (χ0v) is 11.4. The number of nitrogens with zero attached hydrogens (tertiary/aromatic N) is 2. The number of benzene rings is 1. The summed E-state index contributed by atoms with van der Waals surface area (Å²) in [6, 6.07) is 3.69. The van der Waals surface area contributed by atoms with E-state index in [0.717, 1.165) is 37.1 Å². The van der Waals surface area contributed by atoms with Gasteiger partial charge in [0.05, 0.1) is 5.69 Å². The second-order valence-electron chi connectivity index (χ2n) is 5.16. The Morgan fingerprint density at radius 3 is 2.75 bits per heavy atom. The minimum atomic E-state index is -0.520. The number of halogens is 2. The van der Waals surface area contributed by atoms with Crippen molar-refractivity contribution < 1.29 is 8.78 Å². The van der Waals surface area contributed by atoms with Gasteiger partial charge in [0.25, 0.3) is 0 Å². The second kappa shape index (κ2) is 5.32. The molecular formula is C15H17F2N3. The first-order valence-electron chi connectivity index (χ1n) is 6.84. The Balaban J connectivity index is 1.80. The summed E-state index contributed by atoms with van der Waals surface area (Å²) >= 11 is 0. The van der Waals surface area contributed by atoms with Crippen molar-refractivity contribution in [3.8, 4) is 0 Å². The minimum absolute atomic E-state index is 0.520. The summed E-state index contributed by atoms with van der Waals surface area (Å²) in [5.74, 6) is -0.0715. The number of fused-ring (bicyclic) bond motifs is 1. The van der Waals surface area contributed by atoms with Crippen LogP contribution in [0.1, 0.15) is 22.8 Å². The average molecular weight is 277 g/mol. The number of aromatic nitrogens is 2. The molecular weight excluding hydrogens is 260 g/mol. The molecule has 20 heavy (non-hydrogen) atoms. The largest absolute Gasteiger partial charge is 0.332 e. The highest BCUT2D eigenvalue weighted by atomic mass is 19.1. The van der Waals surface area contributed by atoms with Gasteiger partial charge in [-0.3, -0.25) is 0 Å². The summed E-state index contributed by atoms with van der Waals surface area (Å²) < 4.78 is 28.5. The van der Waals surface area contributed by atoms with Crippen LogP contribution in [0.5, 0.6) is 0 Å². The van der Waals surface area contributed by atoms with Gasteiger partial charge < -0.3 is 9.88 Å². The summed E-state index contributed by atoms with van der Waals surface area (Å²) in [5, 5.41) is 3.30. The van der Waals surface area contributed by atoms with E-state index < -0.39 is 11.6 Å². The molecule has 0 atom stereocenters. The van der Waals surface area contributed by atoms with Gasteiger partial charge in [0, 0.05) is 37.8 Å². The van der Waals surface area contributed by atoms with Gasteiger partial charge in [-0.1, -0.05) is 0 Å². The van der Waals surface area contributed by atoms with Crippen molar-refractivity contribution in [2.75, 3.05) is 6.54 Å². The van der Waals surface area contributed by atoms with Crippen molar-refractivity contribution in [3.63, 3.8) is 0 Å². The van der Waals surface area contributed by atoms with Gasteiger partial charge in [-0.05, 0) is 31.0 Å². The van der Waals surface area contributed by atoms with Crippen LogP contribution >= 0.6 is 0 Å². The normalized spacial score (nSPS) is 14.3. The van der Waals surface area contributed by atoms with Gasteiger partial charge in [0.2, 0.25) is 0 Å². The first-order chi connectivity index (χ1) is 9.63. The van der Waals surface area contributed by atoms with Crippen LogP contribution < -0.4 is 5.32 Å². The van der Waals surface area contributed by atoms with E-state index >= 15 is 0 Å². The van der Waals surface area contributed by atoms with Crippen LogP contribution in [0, 0.1) is 18.6 Å². The third kappa shape index (κ3) is 2.58. The summed E-state index contributed by atoms with van der Waals surface area (Å²) in [6.07, 6.45) is 1.55. The Hall–Kier alpha value is -1.75. The zero-order valence-electron chi connectivity index (χ0n) is 11.4. The fourth-order valence-electron chi connectivity index (χ4n) is 2.80. The highest BCUT2D eigenvalue weighted by molar-refractivity contribution is 5.21. The fourth-order valence-corrected chi connectivity index (χ4v) is 2.80. The quantitative estimate of drug-likeness (QED) is 0.933. The van der Waals surface area contributed by atoms with Crippen molar-refractivity contribution >= 4 is 0 Å². The topological polar surface area (TPSA) is 29.9 Å². The molecule has 0 radical (unpaired) electrons. The molecule has 0 saturated heterocycles. The molecule has 5 heteroatoms. The van der Waals surface area contributed by atoms with Crippen LogP contribution in [0.4, 0.5) is 8.78 Å². The lowest BCUT2D eigenvalue weighted by atomic mass is 10.1. The monoisotopic (exact) mass is 277 g/mol. The molecule has 0 unspecified atom stereocenters. The van der Waals surface area contributed by atoms with E-state index in [4.69, 9.17) is 0 Å².